The fourth-order valence-electron chi connectivity index (χ4n) is 4.00. The standard InChI is InChI=1S/C25H24F4N6O2/c26-17-7-6-16(19(10-17)25(27,28)29)11-33-23(36)15-4-1-3-14(9-15)20-13-32-22(30)21(35-20)24(37)34-18-5-2-8-31-12-18/h1,3-4,6-7,9-10,13,18,31H,2,5,8,11-12H2,(H2,30,32)(H,33,36)(H,34,37)/t18-/m0/s1. The molecular weight excluding hydrogens is 492 g/mol. The summed E-state index contributed by atoms with van der Waals surface area (Å²) in [4.78, 5) is 33.8. The topological polar surface area (TPSA) is 122 Å². The van der Waals surface area contributed by atoms with E-state index in [9.17, 15) is 27.2 Å². The highest BCUT2D eigenvalue weighted by molar-refractivity contribution is 5.97. The largest absolute Gasteiger partial charge is 0.416 e. The van der Waals surface area contributed by atoms with Gasteiger partial charge in [-0.1, -0.05) is 18.2 Å². The van der Waals surface area contributed by atoms with Gasteiger partial charge in [-0.15, -0.1) is 0 Å². The van der Waals surface area contributed by atoms with Crippen molar-refractivity contribution in [1.29, 1.82) is 0 Å². The zero-order chi connectivity index (χ0) is 26.6. The molecule has 3 aromatic rings. The Morgan fingerprint density at radius 3 is 2.68 bits per heavy atom. The summed E-state index contributed by atoms with van der Waals surface area (Å²) in [6, 6.07) is 8.36. The van der Waals surface area contributed by atoms with Gasteiger partial charge in [0.1, 0.15) is 5.82 Å². The van der Waals surface area contributed by atoms with Crippen molar-refractivity contribution < 1.29 is 27.2 Å². The molecule has 1 atom stereocenters. The average molecular weight is 516 g/mol. The Morgan fingerprint density at radius 1 is 1.14 bits per heavy atom. The lowest BCUT2D eigenvalue weighted by molar-refractivity contribution is -0.138. The van der Waals surface area contributed by atoms with Crippen LogP contribution in [0.2, 0.25) is 0 Å². The van der Waals surface area contributed by atoms with Crippen LogP contribution in [0.15, 0.2) is 48.7 Å². The highest BCUT2D eigenvalue weighted by Gasteiger charge is 2.33. The molecule has 12 heteroatoms. The van der Waals surface area contributed by atoms with Crippen LogP contribution in [0.4, 0.5) is 23.4 Å². The summed E-state index contributed by atoms with van der Waals surface area (Å²) in [5, 5.41) is 8.51. The van der Waals surface area contributed by atoms with Crippen molar-refractivity contribution in [3.05, 3.63) is 76.9 Å². The van der Waals surface area contributed by atoms with Crippen molar-refractivity contribution in [2.45, 2.75) is 31.6 Å². The predicted molar refractivity (Wildman–Crippen MR) is 128 cm³/mol. The minimum atomic E-state index is -4.77. The van der Waals surface area contributed by atoms with Gasteiger partial charge in [-0.25, -0.2) is 14.4 Å². The Kier molecular flexibility index (Phi) is 7.67. The minimum Gasteiger partial charge on any atom is -0.382 e. The number of nitrogen functional groups attached to an aromatic ring is 1. The summed E-state index contributed by atoms with van der Waals surface area (Å²) in [6.45, 7) is 1.07. The number of nitrogens with zero attached hydrogens (tertiary/aromatic N) is 2. The number of nitrogens with one attached hydrogen (secondary N) is 3. The van der Waals surface area contributed by atoms with Gasteiger partial charge in [-0.2, -0.15) is 13.2 Å². The molecule has 2 heterocycles. The second-order valence-electron chi connectivity index (χ2n) is 8.57. The van der Waals surface area contributed by atoms with Gasteiger partial charge in [0.05, 0.1) is 17.5 Å². The van der Waals surface area contributed by atoms with Crippen LogP contribution in [0.3, 0.4) is 0 Å². The lowest BCUT2D eigenvalue weighted by Crippen LogP contribution is -2.46. The van der Waals surface area contributed by atoms with E-state index in [4.69, 9.17) is 5.73 Å². The van der Waals surface area contributed by atoms with Crippen LogP contribution in [0.25, 0.3) is 11.3 Å². The van der Waals surface area contributed by atoms with Crippen LogP contribution in [-0.4, -0.2) is 40.9 Å². The number of nitrogens with two attached hydrogens (primary N) is 1. The normalized spacial score (nSPS) is 15.7. The molecule has 8 nitrogen and oxygen atoms in total. The highest BCUT2D eigenvalue weighted by atomic mass is 19.4. The van der Waals surface area contributed by atoms with Gasteiger partial charge in [0.25, 0.3) is 11.8 Å². The molecule has 1 fully saturated rings. The number of halogens is 4. The van der Waals surface area contributed by atoms with Crippen molar-refractivity contribution in [2.75, 3.05) is 18.8 Å². The lowest BCUT2D eigenvalue weighted by Gasteiger charge is -2.23. The fourth-order valence-corrected chi connectivity index (χ4v) is 4.00. The third-order valence-electron chi connectivity index (χ3n) is 5.89. The summed E-state index contributed by atoms with van der Waals surface area (Å²) in [6.07, 6.45) is -1.65. The van der Waals surface area contributed by atoms with Crippen molar-refractivity contribution in [3.8, 4) is 11.3 Å². The molecule has 1 aliphatic heterocycles. The van der Waals surface area contributed by atoms with Gasteiger partial charge in [-0.3, -0.25) is 9.59 Å². The molecule has 0 saturated carbocycles. The number of hydrogen-bond donors (Lipinski definition) is 4. The molecule has 0 radical (unpaired) electrons. The Labute approximate surface area is 209 Å². The van der Waals surface area contributed by atoms with Crippen molar-refractivity contribution in [1.82, 2.24) is 25.9 Å². The summed E-state index contributed by atoms with van der Waals surface area (Å²) in [5.74, 6) is -2.18. The molecule has 0 unspecified atom stereocenters. The van der Waals surface area contributed by atoms with Crippen LogP contribution in [-0.2, 0) is 12.7 Å². The molecule has 4 rings (SSSR count). The molecule has 0 spiro atoms. The number of carbonyl (C=O) groups excluding carboxylic acids is 2. The number of anilines is 1. The molecule has 194 valence electrons. The second-order valence-corrected chi connectivity index (χ2v) is 8.57. The number of piperidine rings is 1. The predicted octanol–water partition coefficient (Wildman–Crippen LogP) is 3.30. The third-order valence-corrected chi connectivity index (χ3v) is 5.89. The van der Waals surface area contributed by atoms with Gasteiger partial charge in [0, 0.05) is 30.3 Å². The van der Waals surface area contributed by atoms with Crippen LogP contribution >= 0.6 is 0 Å². The molecule has 0 bridgehead atoms. The summed E-state index contributed by atoms with van der Waals surface area (Å²) >= 11 is 0. The number of carbonyl (C=O) groups is 2. The van der Waals surface area contributed by atoms with E-state index in [0.29, 0.717) is 18.2 Å². The summed E-state index contributed by atoms with van der Waals surface area (Å²) < 4.78 is 53.0. The van der Waals surface area contributed by atoms with E-state index in [1.54, 1.807) is 12.1 Å². The maximum Gasteiger partial charge on any atom is 0.416 e. The highest BCUT2D eigenvalue weighted by Crippen LogP contribution is 2.32. The van der Waals surface area contributed by atoms with Crippen molar-refractivity contribution >= 4 is 17.6 Å². The monoisotopic (exact) mass is 516 g/mol. The maximum atomic E-state index is 13.3. The minimum absolute atomic E-state index is 0.0429. The molecular formula is C25H24F4N6O2. The van der Waals surface area contributed by atoms with E-state index < -0.39 is 35.9 Å². The number of amides is 2. The zero-order valence-electron chi connectivity index (χ0n) is 19.5. The Balaban J connectivity index is 1.50. The number of rotatable bonds is 6. The van der Waals surface area contributed by atoms with Crippen LogP contribution in [0, 0.1) is 5.82 Å². The quantitative estimate of drug-likeness (QED) is 0.373. The molecule has 0 aliphatic carbocycles. The molecule has 2 aromatic carbocycles. The zero-order valence-corrected chi connectivity index (χ0v) is 19.5. The average Bonchev–Trinajstić information content (AvgIpc) is 2.88. The first-order valence-corrected chi connectivity index (χ1v) is 11.5. The van der Waals surface area contributed by atoms with E-state index in [0.717, 1.165) is 31.5 Å². The maximum absolute atomic E-state index is 13.3. The van der Waals surface area contributed by atoms with Gasteiger partial charge in [0.15, 0.2) is 11.5 Å². The van der Waals surface area contributed by atoms with Crippen LogP contribution in [0.5, 0.6) is 0 Å². The Morgan fingerprint density at radius 2 is 1.95 bits per heavy atom. The fraction of sp³-hybridized carbons (Fsp3) is 0.280. The van der Waals surface area contributed by atoms with E-state index in [1.807, 2.05) is 0 Å². The Bertz CT molecular complexity index is 1310. The second kappa shape index (κ2) is 10.9. The van der Waals surface area contributed by atoms with Crippen molar-refractivity contribution in [2.24, 2.45) is 0 Å². The van der Waals surface area contributed by atoms with Crippen molar-refractivity contribution in [3.63, 3.8) is 0 Å². The van der Waals surface area contributed by atoms with Gasteiger partial charge >= 0.3 is 6.18 Å². The summed E-state index contributed by atoms with van der Waals surface area (Å²) in [5.41, 5.74) is 5.28. The smallest absolute Gasteiger partial charge is 0.382 e. The van der Waals surface area contributed by atoms with Crippen LogP contribution in [0.1, 0.15) is 44.8 Å². The first-order chi connectivity index (χ1) is 17.6. The van der Waals surface area contributed by atoms with E-state index in [1.165, 1.54) is 18.3 Å². The number of hydrogen-bond acceptors (Lipinski definition) is 6. The molecule has 2 amide bonds. The SMILES string of the molecule is Nc1ncc(-c2cccc(C(=O)NCc3ccc(F)cc3C(F)(F)F)c2)nc1C(=O)N[C@H]1CCCNC1. The molecule has 5 N–H and O–H groups in total. The molecule has 1 aromatic heterocycles. The number of aromatic nitrogens is 2. The van der Waals surface area contributed by atoms with Gasteiger partial charge in [0.2, 0.25) is 0 Å². The molecule has 1 saturated heterocycles. The van der Waals surface area contributed by atoms with E-state index in [-0.39, 0.29) is 34.4 Å². The van der Waals surface area contributed by atoms with E-state index >= 15 is 0 Å². The first-order valence-electron chi connectivity index (χ1n) is 11.5. The van der Waals surface area contributed by atoms with Gasteiger partial charge < -0.3 is 21.7 Å². The molecule has 37 heavy (non-hydrogen) atoms. The third kappa shape index (κ3) is 6.39. The molecule has 1 aliphatic rings. The number of alkyl halides is 3. The van der Waals surface area contributed by atoms with Crippen LogP contribution < -0.4 is 21.7 Å². The first kappa shape index (κ1) is 26.0. The lowest BCUT2D eigenvalue weighted by atomic mass is 10.1. The Hall–Kier alpha value is -4.06. The summed E-state index contributed by atoms with van der Waals surface area (Å²) in [7, 11) is 0. The van der Waals surface area contributed by atoms with E-state index in [2.05, 4.69) is 25.9 Å². The number of benzene rings is 2. The van der Waals surface area contributed by atoms with Gasteiger partial charge in [-0.05, 0) is 49.2 Å².